The van der Waals surface area contributed by atoms with Gasteiger partial charge in [0.2, 0.25) is 0 Å². The van der Waals surface area contributed by atoms with Gasteiger partial charge in [-0.25, -0.2) is 9.59 Å². The van der Waals surface area contributed by atoms with Gasteiger partial charge >= 0.3 is 18.0 Å². The van der Waals surface area contributed by atoms with Gasteiger partial charge in [-0.05, 0) is 61.6 Å². The van der Waals surface area contributed by atoms with Gasteiger partial charge in [-0.2, -0.15) is 0 Å². The van der Waals surface area contributed by atoms with Gasteiger partial charge < -0.3 is 24.8 Å². The number of benzene rings is 5. The van der Waals surface area contributed by atoms with E-state index in [0.717, 1.165) is 22.3 Å². The molecule has 0 unspecified atom stereocenters. The molecule has 9 nitrogen and oxygen atoms in total. The molecule has 0 bridgehead atoms. The molecular formula is C45H44N2O7. The molecule has 1 atom stereocenters. The molecule has 1 aliphatic carbocycles. The van der Waals surface area contributed by atoms with Crippen molar-refractivity contribution in [2.24, 2.45) is 0 Å². The number of carbonyl (C=O) groups excluding carboxylic acids is 4. The van der Waals surface area contributed by atoms with Crippen LogP contribution in [0.25, 0.3) is 11.1 Å². The Balaban J connectivity index is 1.32. The number of fused-ring (bicyclic) bond motifs is 3. The van der Waals surface area contributed by atoms with Gasteiger partial charge in [0, 0.05) is 41.6 Å². The molecule has 2 amide bonds. The number of esters is 2. The zero-order chi connectivity index (χ0) is 38.3. The topological polar surface area (TPSA) is 120 Å². The van der Waals surface area contributed by atoms with E-state index in [-0.39, 0.29) is 31.3 Å². The lowest BCUT2D eigenvalue weighted by Gasteiger charge is -2.36. The summed E-state index contributed by atoms with van der Waals surface area (Å²) in [5.74, 6) is -1.79. The largest absolute Gasteiger partial charge is 0.460 e. The number of hydrogen-bond donors (Lipinski definition) is 2. The Labute approximate surface area is 315 Å². The Morgan fingerprint density at radius 2 is 1.15 bits per heavy atom. The molecule has 2 N–H and O–H groups in total. The second-order valence-electron chi connectivity index (χ2n) is 14.1. The van der Waals surface area contributed by atoms with Crippen molar-refractivity contribution in [3.8, 4) is 11.1 Å². The second kappa shape index (κ2) is 16.2. The van der Waals surface area contributed by atoms with Crippen LogP contribution in [0.15, 0.2) is 133 Å². The summed E-state index contributed by atoms with van der Waals surface area (Å²) in [5.41, 5.74) is 4.24. The summed E-state index contributed by atoms with van der Waals surface area (Å²) in [6.07, 6.45) is -1.12. The summed E-state index contributed by atoms with van der Waals surface area (Å²) >= 11 is 0. The quantitative estimate of drug-likeness (QED) is 0.0763. The Morgan fingerprint density at radius 1 is 0.648 bits per heavy atom. The fraction of sp³-hybridized carbons (Fsp3) is 0.244. The number of hydrogen-bond acceptors (Lipinski definition) is 7. The normalized spacial score (nSPS) is 12.8. The van der Waals surface area contributed by atoms with Crippen molar-refractivity contribution in [1.82, 2.24) is 10.6 Å². The van der Waals surface area contributed by atoms with Crippen LogP contribution in [0, 0.1) is 0 Å². The van der Waals surface area contributed by atoms with Crippen LogP contribution in [0.1, 0.15) is 77.7 Å². The second-order valence-corrected chi connectivity index (χ2v) is 14.1. The summed E-state index contributed by atoms with van der Waals surface area (Å²) in [6, 6.07) is 40.0. The number of alkyl carbamates (subject to hydrolysis) is 1. The van der Waals surface area contributed by atoms with Crippen LogP contribution < -0.4 is 10.6 Å². The standard InChI is InChI=1S/C45H44N2O7/c1-44(2,3)53-40(48)28-27-39(47-43(51)52-29-38-36-21-13-11-19-34(36)35-20-12-14-22-37(35)38)42(50)54-45(31-15-7-5-8-16-31,32-17-9-6-10-18-32)33-25-23-30(24-26-33)41(49)46-4/h5-26,38-39H,27-29H2,1-4H3,(H,46,49)(H,47,51)/t39-/m0/s1. The van der Waals surface area contributed by atoms with Crippen LogP contribution >= 0.6 is 0 Å². The predicted octanol–water partition coefficient (Wildman–Crippen LogP) is 7.91. The molecule has 0 aromatic heterocycles. The molecule has 0 heterocycles. The van der Waals surface area contributed by atoms with Gasteiger partial charge in [-0.1, -0.05) is 121 Å². The number of rotatable bonds is 12. The van der Waals surface area contributed by atoms with Crippen LogP contribution in [0.5, 0.6) is 0 Å². The van der Waals surface area contributed by atoms with Gasteiger partial charge in [-0.3, -0.25) is 9.59 Å². The minimum atomic E-state index is -1.52. The zero-order valence-electron chi connectivity index (χ0n) is 30.8. The number of amides is 2. The lowest BCUT2D eigenvalue weighted by molar-refractivity contribution is -0.158. The first-order valence-electron chi connectivity index (χ1n) is 18.0. The average molecular weight is 725 g/mol. The number of nitrogens with one attached hydrogen (secondary N) is 2. The predicted molar refractivity (Wildman–Crippen MR) is 206 cm³/mol. The molecule has 6 rings (SSSR count). The number of ether oxygens (including phenoxy) is 3. The molecular weight excluding hydrogens is 681 g/mol. The maximum atomic E-state index is 14.6. The van der Waals surface area contributed by atoms with Crippen LogP contribution in [0.2, 0.25) is 0 Å². The summed E-state index contributed by atoms with van der Waals surface area (Å²) in [5, 5.41) is 5.35. The van der Waals surface area contributed by atoms with Crippen molar-refractivity contribution in [2.75, 3.05) is 13.7 Å². The van der Waals surface area contributed by atoms with Crippen LogP contribution in [-0.2, 0) is 29.4 Å². The molecule has 9 heteroatoms. The van der Waals surface area contributed by atoms with Gasteiger partial charge in [0.05, 0.1) is 0 Å². The molecule has 54 heavy (non-hydrogen) atoms. The van der Waals surface area contributed by atoms with E-state index in [1.165, 1.54) is 0 Å². The highest BCUT2D eigenvalue weighted by Gasteiger charge is 2.43. The van der Waals surface area contributed by atoms with Crippen LogP contribution in [0.3, 0.4) is 0 Å². The third-order valence-electron chi connectivity index (χ3n) is 9.37. The summed E-state index contributed by atoms with van der Waals surface area (Å²) in [6.45, 7) is 5.31. The van der Waals surface area contributed by atoms with Gasteiger partial charge in [0.25, 0.3) is 5.91 Å². The van der Waals surface area contributed by atoms with E-state index >= 15 is 0 Å². The van der Waals surface area contributed by atoms with Crippen molar-refractivity contribution >= 4 is 23.9 Å². The lowest BCUT2D eigenvalue weighted by atomic mass is 9.79. The summed E-state index contributed by atoms with van der Waals surface area (Å²) < 4.78 is 18.0. The molecule has 5 aromatic carbocycles. The van der Waals surface area contributed by atoms with Crippen molar-refractivity contribution in [3.05, 3.63) is 167 Å². The summed E-state index contributed by atoms with van der Waals surface area (Å²) in [7, 11) is 1.55. The van der Waals surface area contributed by atoms with Crippen molar-refractivity contribution in [1.29, 1.82) is 0 Å². The molecule has 1 aliphatic rings. The van der Waals surface area contributed by atoms with Crippen molar-refractivity contribution in [3.63, 3.8) is 0 Å². The molecule has 0 fully saturated rings. The van der Waals surface area contributed by atoms with Crippen molar-refractivity contribution in [2.45, 2.75) is 56.8 Å². The van der Waals surface area contributed by atoms with Gasteiger partial charge in [0.15, 0.2) is 5.60 Å². The highest BCUT2D eigenvalue weighted by atomic mass is 16.6. The first kappa shape index (κ1) is 37.5. The Bertz CT molecular complexity index is 2020. The van der Waals surface area contributed by atoms with E-state index in [1.807, 2.05) is 97.1 Å². The maximum Gasteiger partial charge on any atom is 0.407 e. The molecule has 0 radical (unpaired) electrons. The molecule has 5 aromatic rings. The third-order valence-corrected chi connectivity index (χ3v) is 9.37. The smallest absolute Gasteiger partial charge is 0.407 e. The van der Waals surface area contributed by atoms with E-state index in [9.17, 15) is 19.2 Å². The first-order chi connectivity index (χ1) is 26.0. The number of carbonyl (C=O) groups is 4. The average Bonchev–Trinajstić information content (AvgIpc) is 3.50. The Morgan fingerprint density at radius 3 is 1.67 bits per heavy atom. The van der Waals surface area contributed by atoms with E-state index in [4.69, 9.17) is 14.2 Å². The highest BCUT2D eigenvalue weighted by Crippen LogP contribution is 2.45. The molecule has 276 valence electrons. The van der Waals surface area contributed by atoms with Crippen LogP contribution in [0.4, 0.5) is 4.79 Å². The van der Waals surface area contributed by atoms with E-state index in [2.05, 4.69) is 22.8 Å². The molecule has 0 saturated heterocycles. The van der Waals surface area contributed by atoms with Crippen molar-refractivity contribution < 1.29 is 33.4 Å². The minimum absolute atomic E-state index is 0.0311. The maximum absolute atomic E-state index is 14.6. The first-order valence-corrected chi connectivity index (χ1v) is 18.0. The summed E-state index contributed by atoms with van der Waals surface area (Å²) in [4.78, 5) is 53.6. The monoisotopic (exact) mass is 724 g/mol. The zero-order valence-corrected chi connectivity index (χ0v) is 30.8. The fourth-order valence-electron chi connectivity index (χ4n) is 6.93. The van der Waals surface area contributed by atoms with Gasteiger partial charge in [0.1, 0.15) is 18.2 Å². The SMILES string of the molecule is CNC(=O)c1ccc(C(OC(=O)[C@H](CCC(=O)OC(C)(C)C)NC(=O)OCC2c3ccccc3-c3ccccc32)(c2ccccc2)c2ccccc2)cc1. The molecule has 0 saturated carbocycles. The molecule has 0 spiro atoms. The Hall–Kier alpha value is -6.22. The van der Waals surface area contributed by atoms with Gasteiger partial charge in [-0.15, -0.1) is 0 Å². The minimum Gasteiger partial charge on any atom is -0.460 e. The lowest BCUT2D eigenvalue weighted by Crippen LogP contribution is -2.46. The third kappa shape index (κ3) is 8.20. The van der Waals surface area contributed by atoms with E-state index < -0.39 is 35.3 Å². The van der Waals surface area contributed by atoms with E-state index in [1.54, 1.807) is 52.1 Å². The van der Waals surface area contributed by atoms with Crippen LogP contribution in [-0.4, -0.2) is 49.2 Å². The fourth-order valence-corrected chi connectivity index (χ4v) is 6.93. The highest BCUT2D eigenvalue weighted by molar-refractivity contribution is 5.94. The Kier molecular flexibility index (Phi) is 11.3. The molecule has 0 aliphatic heterocycles. The van der Waals surface area contributed by atoms with E-state index in [0.29, 0.717) is 22.3 Å².